The summed E-state index contributed by atoms with van der Waals surface area (Å²) in [5.74, 6) is 0. The van der Waals surface area contributed by atoms with E-state index in [0.29, 0.717) is 0 Å². The molecule has 1 heteroatoms. The van der Waals surface area contributed by atoms with Gasteiger partial charge in [-0.05, 0) is 60.8 Å². The van der Waals surface area contributed by atoms with Crippen LogP contribution in [0.5, 0.6) is 0 Å². The topological polar surface area (TPSA) is 19.9 Å². The van der Waals surface area contributed by atoms with Gasteiger partial charge in [0.15, 0.2) is 0 Å². The van der Waals surface area contributed by atoms with Gasteiger partial charge in [0.25, 0.3) is 0 Å². The van der Waals surface area contributed by atoms with Crippen LogP contribution in [0.2, 0.25) is 0 Å². The van der Waals surface area contributed by atoms with Crippen molar-refractivity contribution < 1.29 is 5.11 Å². The highest BCUT2D eigenvalue weighted by Gasteiger charge is 2.10. The van der Waals surface area contributed by atoms with Crippen LogP contribution in [0.1, 0.15) is 81.5 Å². The van der Waals surface area contributed by atoms with Crippen molar-refractivity contribution in [3.05, 3.63) is 34.4 Å². The van der Waals surface area contributed by atoms with Gasteiger partial charge in [-0.3, -0.25) is 0 Å². The third-order valence-corrected chi connectivity index (χ3v) is 4.06. The van der Waals surface area contributed by atoms with Crippen LogP contribution in [0, 0.1) is 0 Å². The molecule has 0 saturated heterocycles. The first-order valence-electron chi connectivity index (χ1n) is 8.48. The molecular formula is C19H31O. The molecule has 1 nitrogen and oxygen atoms in total. The molecule has 0 spiro atoms. The molecule has 0 amide bonds. The highest BCUT2D eigenvalue weighted by atomic mass is 16.3. The van der Waals surface area contributed by atoms with Crippen molar-refractivity contribution in [2.75, 3.05) is 0 Å². The molecule has 1 rings (SSSR count). The predicted octanol–water partition coefficient (Wildman–Crippen LogP) is 5.64. The summed E-state index contributed by atoms with van der Waals surface area (Å²) in [6.07, 6.45) is 10.6. The average Bonchev–Trinajstić information content (AvgIpc) is 2.48. The van der Waals surface area contributed by atoms with Crippen molar-refractivity contribution in [1.82, 2.24) is 0 Å². The maximum atomic E-state index is 11.6. The van der Waals surface area contributed by atoms with Crippen LogP contribution in [-0.2, 0) is 31.0 Å². The Bertz CT molecular complexity index is 352. The van der Waals surface area contributed by atoms with E-state index in [1.807, 2.05) is 0 Å². The first-order valence-corrected chi connectivity index (χ1v) is 8.48. The second-order valence-corrected chi connectivity index (χ2v) is 5.85. The molecule has 0 aromatic heterocycles. The highest BCUT2D eigenvalue weighted by molar-refractivity contribution is 5.39. The van der Waals surface area contributed by atoms with Crippen LogP contribution in [0.25, 0.3) is 0 Å². The summed E-state index contributed by atoms with van der Waals surface area (Å²) in [5, 5.41) is 11.6. The Labute approximate surface area is 125 Å². The van der Waals surface area contributed by atoms with E-state index in [2.05, 4.69) is 32.9 Å². The van der Waals surface area contributed by atoms with Gasteiger partial charge in [0.2, 0.25) is 0 Å². The second kappa shape index (κ2) is 9.99. The van der Waals surface area contributed by atoms with Gasteiger partial charge in [-0.25, -0.2) is 5.11 Å². The molecule has 0 N–H and O–H groups in total. The van der Waals surface area contributed by atoms with Crippen LogP contribution >= 0.6 is 0 Å². The zero-order valence-corrected chi connectivity index (χ0v) is 13.6. The fourth-order valence-electron chi connectivity index (χ4n) is 2.76. The number of benzene rings is 1. The highest BCUT2D eigenvalue weighted by Crippen LogP contribution is 2.23. The lowest BCUT2D eigenvalue weighted by atomic mass is 9.91. The van der Waals surface area contributed by atoms with Crippen LogP contribution in [0.3, 0.4) is 0 Å². The van der Waals surface area contributed by atoms with Gasteiger partial charge in [-0.15, -0.1) is 0 Å². The first kappa shape index (κ1) is 17.2. The molecule has 0 heterocycles. The molecule has 0 bridgehead atoms. The number of aryl methyl sites for hydroxylation is 3. The fourth-order valence-corrected chi connectivity index (χ4v) is 2.76. The minimum Gasteiger partial charge on any atom is -0.232 e. The van der Waals surface area contributed by atoms with Gasteiger partial charge in [0.1, 0.15) is 6.61 Å². The molecule has 1 radical (unpaired) electrons. The van der Waals surface area contributed by atoms with E-state index in [0.717, 1.165) is 24.8 Å². The summed E-state index contributed by atoms with van der Waals surface area (Å²) in [7, 11) is 0. The smallest absolute Gasteiger partial charge is 0.108 e. The van der Waals surface area contributed by atoms with Gasteiger partial charge in [-0.1, -0.05) is 52.2 Å². The molecule has 0 atom stereocenters. The van der Waals surface area contributed by atoms with Gasteiger partial charge in [-0.2, -0.15) is 0 Å². The van der Waals surface area contributed by atoms with Crippen molar-refractivity contribution in [3.8, 4) is 0 Å². The zero-order valence-electron chi connectivity index (χ0n) is 13.6. The Morgan fingerprint density at radius 1 is 0.750 bits per heavy atom. The van der Waals surface area contributed by atoms with Gasteiger partial charge >= 0.3 is 0 Å². The van der Waals surface area contributed by atoms with Gasteiger partial charge in [0, 0.05) is 0 Å². The standard InChI is InChI=1S/C19H31O/c1-4-7-10-16-13-17(11-8-5-2)19(15-20)18(14-16)12-9-6-3/h13-14H,4-12,15H2,1-3H3. The van der Waals surface area contributed by atoms with Crippen LogP contribution < -0.4 is 0 Å². The number of hydrogen-bond acceptors (Lipinski definition) is 0. The normalized spacial score (nSPS) is 11.0. The Balaban J connectivity index is 3.02. The number of unbranched alkanes of at least 4 members (excludes halogenated alkanes) is 3. The molecule has 1 aromatic rings. The van der Waals surface area contributed by atoms with E-state index in [1.165, 1.54) is 55.2 Å². The third-order valence-electron chi connectivity index (χ3n) is 4.06. The van der Waals surface area contributed by atoms with Crippen molar-refractivity contribution in [2.45, 2.75) is 85.2 Å². The molecule has 113 valence electrons. The minimum absolute atomic E-state index is 0.0495. The van der Waals surface area contributed by atoms with Crippen molar-refractivity contribution >= 4 is 0 Å². The third kappa shape index (κ3) is 5.28. The lowest BCUT2D eigenvalue weighted by molar-refractivity contribution is 0.176. The summed E-state index contributed by atoms with van der Waals surface area (Å²) in [6.45, 7) is 6.62. The summed E-state index contributed by atoms with van der Waals surface area (Å²) in [6, 6.07) is 4.63. The lowest BCUT2D eigenvalue weighted by Gasteiger charge is -2.15. The average molecular weight is 275 g/mol. The number of rotatable bonds is 10. The van der Waals surface area contributed by atoms with Crippen LogP contribution in [0.15, 0.2) is 12.1 Å². The summed E-state index contributed by atoms with van der Waals surface area (Å²) in [5.41, 5.74) is 5.22. The molecular weight excluding hydrogens is 244 g/mol. The van der Waals surface area contributed by atoms with Crippen molar-refractivity contribution in [3.63, 3.8) is 0 Å². The fraction of sp³-hybridized carbons (Fsp3) is 0.684. The molecule has 0 unspecified atom stereocenters. The Hall–Kier alpha value is -0.820. The van der Waals surface area contributed by atoms with Crippen molar-refractivity contribution in [2.24, 2.45) is 0 Å². The Morgan fingerprint density at radius 3 is 1.60 bits per heavy atom. The van der Waals surface area contributed by atoms with Crippen LogP contribution in [0.4, 0.5) is 0 Å². The molecule has 0 aliphatic rings. The zero-order chi connectivity index (χ0) is 14.8. The molecule has 0 saturated carbocycles. The summed E-state index contributed by atoms with van der Waals surface area (Å²) >= 11 is 0. The van der Waals surface area contributed by atoms with Crippen molar-refractivity contribution in [1.29, 1.82) is 0 Å². The molecule has 20 heavy (non-hydrogen) atoms. The molecule has 0 aliphatic carbocycles. The van der Waals surface area contributed by atoms with E-state index < -0.39 is 0 Å². The summed E-state index contributed by atoms with van der Waals surface area (Å²) in [4.78, 5) is 0. The van der Waals surface area contributed by atoms with Gasteiger partial charge in [0.05, 0.1) is 0 Å². The first-order chi connectivity index (χ1) is 9.76. The van der Waals surface area contributed by atoms with E-state index in [4.69, 9.17) is 0 Å². The maximum Gasteiger partial charge on any atom is 0.108 e. The van der Waals surface area contributed by atoms with Crippen LogP contribution in [-0.4, -0.2) is 0 Å². The Kier molecular flexibility index (Phi) is 8.60. The monoisotopic (exact) mass is 275 g/mol. The van der Waals surface area contributed by atoms with Gasteiger partial charge < -0.3 is 0 Å². The summed E-state index contributed by atoms with van der Waals surface area (Å²) < 4.78 is 0. The maximum absolute atomic E-state index is 11.6. The minimum atomic E-state index is -0.0495. The Morgan fingerprint density at radius 2 is 1.20 bits per heavy atom. The lowest BCUT2D eigenvalue weighted by Crippen LogP contribution is -2.03. The second-order valence-electron chi connectivity index (χ2n) is 5.85. The van der Waals surface area contributed by atoms with E-state index >= 15 is 0 Å². The quantitative estimate of drug-likeness (QED) is 0.526. The molecule has 0 fully saturated rings. The predicted molar refractivity (Wildman–Crippen MR) is 86.7 cm³/mol. The largest absolute Gasteiger partial charge is 0.232 e. The van der Waals surface area contributed by atoms with E-state index in [1.54, 1.807) is 0 Å². The number of hydrogen-bond donors (Lipinski definition) is 0. The van der Waals surface area contributed by atoms with E-state index in [-0.39, 0.29) is 6.61 Å². The SMILES string of the molecule is CCCCc1cc(CCCC)c(C[O])c(CCCC)c1. The molecule has 1 aromatic carbocycles. The van der Waals surface area contributed by atoms with E-state index in [9.17, 15) is 5.11 Å². The molecule has 0 aliphatic heterocycles.